The Morgan fingerprint density at radius 2 is 2.00 bits per heavy atom. The Morgan fingerprint density at radius 1 is 1.21 bits per heavy atom. The minimum Gasteiger partial charge on any atom is -0.356 e. The quantitative estimate of drug-likeness (QED) is 0.892. The van der Waals surface area contributed by atoms with E-state index in [1.165, 1.54) is 24.1 Å². The molecule has 1 amide bonds. The van der Waals surface area contributed by atoms with E-state index in [1.54, 1.807) is 24.3 Å². The van der Waals surface area contributed by atoms with Crippen LogP contribution in [0.1, 0.15) is 58.7 Å². The standard InChI is InChI=1S/C22H25N5O/c1-15-24-20-8-3-2-7-19(20)21(25-15)27-11-9-18(10-12-27)26-22(28)17-6-4-5-16(13-17)14-23/h4-6,13,18H,2-3,7-12H2,1H3,(H,26,28). The zero-order valence-corrected chi connectivity index (χ0v) is 16.2. The molecular weight excluding hydrogens is 350 g/mol. The van der Waals surface area contributed by atoms with E-state index in [4.69, 9.17) is 10.2 Å². The van der Waals surface area contributed by atoms with Gasteiger partial charge in [-0.15, -0.1) is 0 Å². The summed E-state index contributed by atoms with van der Waals surface area (Å²) in [5.74, 6) is 1.85. The van der Waals surface area contributed by atoms with Gasteiger partial charge in [-0.1, -0.05) is 6.07 Å². The topological polar surface area (TPSA) is 81.9 Å². The molecule has 2 heterocycles. The molecule has 6 heteroatoms. The van der Waals surface area contributed by atoms with Crippen molar-refractivity contribution in [2.24, 2.45) is 0 Å². The Hall–Kier alpha value is -2.94. The summed E-state index contributed by atoms with van der Waals surface area (Å²) in [6.07, 6.45) is 6.32. The van der Waals surface area contributed by atoms with Gasteiger partial charge in [0.15, 0.2) is 0 Å². The molecular formula is C22H25N5O. The summed E-state index contributed by atoms with van der Waals surface area (Å²) in [4.78, 5) is 24.3. The number of nitriles is 1. The molecule has 0 saturated carbocycles. The molecule has 1 fully saturated rings. The van der Waals surface area contributed by atoms with Gasteiger partial charge < -0.3 is 10.2 Å². The van der Waals surface area contributed by atoms with E-state index in [0.717, 1.165) is 50.4 Å². The van der Waals surface area contributed by atoms with Crippen molar-refractivity contribution in [1.29, 1.82) is 5.26 Å². The summed E-state index contributed by atoms with van der Waals surface area (Å²) >= 11 is 0. The zero-order valence-electron chi connectivity index (χ0n) is 16.2. The van der Waals surface area contributed by atoms with Crippen LogP contribution in [0.3, 0.4) is 0 Å². The lowest BCUT2D eigenvalue weighted by Crippen LogP contribution is -2.45. The van der Waals surface area contributed by atoms with Gasteiger partial charge in [-0.3, -0.25) is 4.79 Å². The van der Waals surface area contributed by atoms with Gasteiger partial charge >= 0.3 is 0 Å². The summed E-state index contributed by atoms with van der Waals surface area (Å²) in [7, 11) is 0. The smallest absolute Gasteiger partial charge is 0.251 e. The van der Waals surface area contributed by atoms with Gasteiger partial charge in [0.25, 0.3) is 5.91 Å². The second kappa shape index (κ2) is 7.97. The van der Waals surface area contributed by atoms with E-state index in [2.05, 4.69) is 21.3 Å². The lowest BCUT2D eigenvalue weighted by atomic mass is 9.95. The minimum atomic E-state index is -0.106. The maximum atomic E-state index is 12.5. The van der Waals surface area contributed by atoms with Crippen LogP contribution in [0.4, 0.5) is 5.82 Å². The van der Waals surface area contributed by atoms with Crippen LogP contribution in [0.15, 0.2) is 24.3 Å². The lowest BCUT2D eigenvalue weighted by Gasteiger charge is -2.35. The average molecular weight is 375 g/mol. The number of amides is 1. The summed E-state index contributed by atoms with van der Waals surface area (Å²) < 4.78 is 0. The highest BCUT2D eigenvalue weighted by Crippen LogP contribution is 2.29. The predicted molar refractivity (Wildman–Crippen MR) is 107 cm³/mol. The van der Waals surface area contributed by atoms with Crippen LogP contribution in [0, 0.1) is 18.3 Å². The van der Waals surface area contributed by atoms with Gasteiger partial charge in [0.1, 0.15) is 11.6 Å². The maximum absolute atomic E-state index is 12.5. The summed E-state index contributed by atoms with van der Waals surface area (Å²) in [5, 5.41) is 12.1. The van der Waals surface area contributed by atoms with Crippen LogP contribution in [0.2, 0.25) is 0 Å². The van der Waals surface area contributed by atoms with Crippen molar-refractivity contribution in [1.82, 2.24) is 15.3 Å². The number of nitrogens with zero attached hydrogens (tertiary/aromatic N) is 4. The first-order valence-electron chi connectivity index (χ1n) is 10.1. The molecule has 1 aromatic heterocycles. The number of piperidine rings is 1. The van der Waals surface area contributed by atoms with E-state index >= 15 is 0 Å². The minimum absolute atomic E-state index is 0.106. The average Bonchev–Trinajstić information content (AvgIpc) is 2.73. The molecule has 1 aliphatic heterocycles. The molecule has 0 bridgehead atoms. The number of hydrogen-bond acceptors (Lipinski definition) is 5. The van der Waals surface area contributed by atoms with E-state index < -0.39 is 0 Å². The Bertz CT molecular complexity index is 925. The summed E-state index contributed by atoms with van der Waals surface area (Å²) in [5.41, 5.74) is 3.60. The molecule has 2 aromatic rings. The first kappa shape index (κ1) is 18.4. The molecule has 1 N–H and O–H groups in total. The molecule has 28 heavy (non-hydrogen) atoms. The van der Waals surface area contributed by atoms with Crippen LogP contribution >= 0.6 is 0 Å². The fraction of sp³-hybridized carbons (Fsp3) is 0.455. The van der Waals surface area contributed by atoms with Crippen LogP contribution in [0.5, 0.6) is 0 Å². The number of nitrogens with one attached hydrogen (secondary N) is 1. The third kappa shape index (κ3) is 3.84. The van der Waals surface area contributed by atoms with Gasteiger partial charge in [-0.05, 0) is 63.6 Å². The van der Waals surface area contributed by atoms with E-state index in [1.807, 2.05) is 6.92 Å². The highest BCUT2D eigenvalue weighted by Gasteiger charge is 2.26. The van der Waals surface area contributed by atoms with Gasteiger partial charge in [0.2, 0.25) is 0 Å². The SMILES string of the molecule is Cc1nc2c(c(N3CCC(NC(=O)c4cccc(C#N)c4)CC3)n1)CCCC2. The molecule has 144 valence electrons. The van der Waals surface area contributed by atoms with E-state index in [9.17, 15) is 4.79 Å². The van der Waals surface area contributed by atoms with Gasteiger partial charge in [0.05, 0.1) is 11.6 Å². The number of aryl methyl sites for hydroxylation is 2. The van der Waals surface area contributed by atoms with Crippen LogP contribution < -0.4 is 10.2 Å². The van der Waals surface area contributed by atoms with Gasteiger partial charge in [-0.25, -0.2) is 9.97 Å². The van der Waals surface area contributed by atoms with E-state index in [0.29, 0.717) is 11.1 Å². The number of carbonyl (C=O) groups excluding carboxylic acids is 1. The van der Waals surface area contributed by atoms with Crippen molar-refractivity contribution in [3.63, 3.8) is 0 Å². The first-order valence-corrected chi connectivity index (χ1v) is 10.1. The molecule has 0 radical (unpaired) electrons. The van der Waals surface area contributed by atoms with Crippen molar-refractivity contribution < 1.29 is 4.79 Å². The molecule has 0 atom stereocenters. The lowest BCUT2D eigenvalue weighted by molar-refractivity contribution is 0.0931. The normalized spacial score (nSPS) is 16.9. The molecule has 2 aliphatic rings. The fourth-order valence-corrected chi connectivity index (χ4v) is 4.19. The molecule has 0 spiro atoms. The molecule has 6 nitrogen and oxygen atoms in total. The summed E-state index contributed by atoms with van der Waals surface area (Å²) in [6, 6.07) is 9.07. The van der Waals surface area contributed by atoms with Crippen molar-refractivity contribution >= 4 is 11.7 Å². The number of fused-ring (bicyclic) bond motifs is 1. The second-order valence-corrected chi connectivity index (χ2v) is 7.65. The number of benzene rings is 1. The van der Waals surface area contributed by atoms with Gasteiger partial charge in [-0.2, -0.15) is 5.26 Å². The second-order valence-electron chi connectivity index (χ2n) is 7.65. The van der Waals surface area contributed by atoms with E-state index in [-0.39, 0.29) is 11.9 Å². The number of hydrogen-bond donors (Lipinski definition) is 1. The van der Waals surface area contributed by atoms with Crippen molar-refractivity contribution in [2.45, 2.75) is 51.5 Å². The zero-order chi connectivity index (χ0) is 19.5. The highest BCUT2D eigenvalue weighted by atomic mass is 16.1. The predicted octanol–water partition coefficient (Wildman–Crippen LogP) is 2.93. The Kier molecular flexibility index (Phi) is 5.25. The van der Waals surface area contributed by atoms with Gasteiger partial charge in [0, 0.05) is 36.0 Å². The first-order chi connectivity index (χ1) is 13.6. The van der Waals surface area contributed by atoms with Crippen molar-refractivity contribution in [3.05, 3.63) is 52.5 Å². The molecule has 4 rings (SSSR count). The number of rotatable bonds is 3. The maximum Gasteiger partial charge on any atom is 0.251 e. The van der Waals surface area contributed by atoms with Crippen LogP contribution in [-0.4, -0.2) is 35.0 Å². The Morgan fingerprint density at radius 3 is 2.79 bits per heavy atom. The van der Waals surface area contributed by atoms with Crippen molar-refractivity contribution in [3.8, 4) is 6.07 Å². The molecule has 1 aliphatic carbocycles. The van der Waals surface area contributed by atoms with Crippen molar-refractivity contribution in [2.75, 3.05) is 18.0 Å². The molecule has 1 saturated heterocycles. The summed E-state index contributed by atoms with van der Waals surface area (Å²) in [6.45, 7) is 3.73. The Balaban J connectivity index is 1.41. The van der Waals surface area contributed by atoms with Crippen LogP contribution in [0.25, 0.3) is 0 Å². The number of carbonyl (C=O) groups is 1. The third-order valence-electron chi connectivity index (χ3n) is 5.66. The number of anilines is 1. The number of aromatic nitrogens is 2. The van der Waals surface area contributed by atoms with Crippen LogP contribution in [-0.2, 0) is 12.8 Å². The largest absolute Gasteiger partial charge is 0.356 e. The monoisotopic (exact) mass is 375 g/mol. The highest BCUT2D eigenvalue weighted by molar-refractivity contribution is 5.94. The Labute approximate surface area is 165 Å². The third-order valence-corrected chi connectivity index (χ3v) is 5.66. The molecule has 1 aromatic carbocycles. The fourth-order valence-electron chi connectivity index (χ4n) is 4.19. The molecule has 0 unspecified atom stereocenters.